The number of hydrogen-bond donors (Lipinski definition) is 0. The molecule has 0 saturated carbocycles. The highest BCUT2D eigenvalue weighted by Gasteiger charge is 2.17. The van der Waals surface area contributed by atoms with E-state index in [1.54, 1.807) is 0 Å². The molecule has 2 heterocycles. The van der Waals surface area contributed by atoms with Gasteiger partial charge in [0.1, 0.15) is 0 Å². The van der Waals surface area contributed by atoms with Crippen molar-refractivity contribution in [1.29, 1.82) is 0 Å². The molecule has 10 rings (SSSR count). The van der Waals surface area contributed by atoms with Crippen LogP contribution in [-0.4, -0.2) is 9.97 Å². The van der Waals surface area contributed by atoms with Gasteiger partial charge in [0.25, 0.3) is 0 Å². The van der Waals surface area contributed by atoms with Crippen LogP contribution < -0.4 is 0 Å². The molecular weight excluding hydrogens is 605 g/mol. The first-order chi connectivity index (χ1) is 24.8. The minimum absolute atomic E-state index is 0.951. The van der Waals surface area contributed by atoms with Crippen LogP contribution in [-0.2, 0) is 0 Å². The van der Waals surface area contributed by atoms with E-state index in [9.17, 15) is 0 Å². The van der Waals surface area contributed by atoms with Gasteiger partial charge < -0.3 is 0 Å². The molecule has 0 atom stereocenters. The van der Waals surface area contributed by atoms with Gasteiger partial charge in [-0.3, -0.25) is 4.98 Å². The highest BCUT2D eigenvalue weighted by atomic mass is 14.7. The van der Waals surface area contributed by atoms with Crippen LogP contribution in [0, 0.1) is 0 Å². The molecule has 0 amide bonds. The van der Waals surface area contributed by atoms with Crippen molar-refractivity contribution >= 4 is 54.1 Å². The van der Waals surface area contributed by atoms with Crippen LogP contribution in [0.15, 0.2) is 182 Å². The van der Waals surface area contributed by atoms with Gasteiger partial charge >= 0.3 is 0 Å². The Bertz CT molecular complexity index is 2920. The Morgan fingerprint density at radius 3 is 1.58 bits per heavy atom. The first-order valence-electron chi connectivity index (χ1n) is 17.1. The van der Waals surface area contributed by atoms with Gasteiger partial charge in [-0.05, 0) is 85.1 Å². The zero-order chi connectivity index (χ0) is 33.0. The summed E-state index contributed by atoms with van der Waals surface area (Å²) in [7, 11) is 0. The van der Waals surface area contributed by atoms with E-state index >= 15 is 0 Å². The van der Waals surface area contributed by atoms with E-state index in [1.165, 1.54) is 49.2 Å². The van der Waals surface area contributed by atoms with E-state index in [0.717, 1.165) is 49.6 Å². The molecule has 2 heteroatoms. The molecule has 10 aromatic rings. The van der Waals surface area contributed by atoms with Gasteiger partial charge in [-0.2, -0.15) is 0 Å². The summed E-state index contributed by atoms with van der Waals surface area (Å²) in [5.41, 5.74) is 11.1. The van der Waals surface area contributed by atoms with E-state index in [2.05, 4.69) is 170 Å². The fourth-order valence-electron chi connectivity index (χ4n) is 7.55. The maximum Gasteiger partial charge on any atom is 0.0794 e. The second kappa shape index (κ2) is 11.5. The molecule has 232 valence electrons. The van der Waals surface area contributed by atoms with Crippen LogP contribution >= 0.6 is 0 Å². The van der Waals surface area contributed by atoms with E-state index in [-0.39, 0.29) is 0 Å². The molecule has 2 nitrogen and oxygen atoms in total. The third-order valence-corrected chi connectivity index (χ3v) is 10.1. The van der Waals surface area contributed by atoms with E-state index in [4.69, 9.17) is 9.97 Å². The molecule has 0 fully saturated rings. The molecule has 2 aromatic heterocycles. The lowest BCUT2D eigenvalue weighted by Crippen LogP contribution is -1.94. The lowest BCUT2D eigenvalue weighted by Gasteiger charge is -2.16. The highest BCUT2D eigenvalue weighted by molar-refractivity contribution is 6.16. The fraction of sp³-hybridized carbons (Fsp3) is 0. The molecule has 0 unspecified atom stereocenters. The topological polar surface area (TPSA) is 25.8 Å². The lowest BCUT2D eigenvalue weighted by atomic mass is 9.90. The summed E-state index contributed by atoms with van der Waals surface area (Å²) in [4.78, 5) is 10.1. The third kappa shape index (κ3) is 4.73. The number of para-hydroxylation sites is 1. The maximum atomic E-state index is 5.45. The molecule has 8 aromatic carbocycles. The van der Waals surface area contributed by atoms with Crippen molar-refractivity contribution in [1.82, 2.24) is 9.97 Å². The lowest BCUT2D eigenvalue weighted by molar-refractivity contribution is 1.40. The summed E-state index contributed by atoms with van der Waals surface area (Å²) >= 11 is 0. The molecule has 0 bridgehead atoms. The molecule has 0 aliphatic rings. The fourth-order valence-corrected chi connectivity index (χ4v) is 7.55. The van der Waals surface area contributed by atoms with Gasteiger partial charge in [0.05, 0.1) is 16.7 Å². The predicted molar refractivity (Wildman–Crippen MR) is 211 cm³/mol. The number of hydrogen-bond acceptors (Lipinski definition) is 2. The van der Waals surface area contributed by atoms with E-state index in [0.29, 0.717) is 0 Å². The maximum absolute atomic E-state index is 5.45. The molecule has 0 saturated heterocycles. The molecular formula is C48H30N2. The van der Waals surface area contributed by atoms with Gasteiger partial charge in [0.15, 0.2) is 0 Å². The van der Waals surface area contributed by atoms with Crippen molar-refractivity contribution in [3.63, 3.8) is 0 Å². The molecule has 0 aliphatic heterocycles. The first-order valence-corrected chi connectivity index (χ1v) is 17.1. The molecule has 0 N–H and O–H groups in total. The van der Waals surface area contributed by atoms with Gasteiger partial charge in [0, 0.05) is 33.5 Å². The number of fused-ring (bicyclic) bond motifs is 6. The number of benzene rings is 8. The standard InChI is InChI=1S/C48H30N2/c1-3-11-36-27-38(24-18-31(36)9-1)43-29-45-44(39-25-19-32-10-2-4-12-37(32)28-39)30-46(50-48(45)42-16-6-5-15-41(42)43)34-22-20-33(21-23-34)40-17-7-13-35-14-8-26-49-47(35)40/h1-30H. The van der Waals surface area contributed by atoms with Crippen molar-refractivity contribution in [2.45, 2.75) is 0 Å². The van der Waals surface area contributed by atoms with E-state index in [1.807, 2.05) is 12.3 Å². The average molecular weight is 635 g/mol. The highest BCUT2D eigenvalue weighted by Crippen LogP contribution is 2.41. The summed E-state index contributed by atoms with van der Waals surface area (Å²) in [6, 6.07) is 63.3. The van der Waals surface area contributed by atoms with Gasteiger partial charge in [0.2, 0.25) is 0 Å². The normalized spacial score (nSPS) is 11.6. The Morgan fingerprint density at radius 1 is 0.300 bits per heavy atom. The minimum atomic E-state index is 0.951. The Morgan fingerprint density at radius 2 is 0.860 bits per heavy atom. The zero-order valence-corrected chi connectivity index (χ0v) is 27.2. The second-order valence-electron chi connectivity index (χ2n) is 13.0. The number of rotatable bonds is 4. The van der Waals surface area contributed by atoms with Gasteiger partial charge in [-0.25, -0.2) is 4.98 Å². The number of nitrogens with zero attached hydrogens (tertiary/aromatic N) is 2. The van der Waals surface area contributed by atoms with Crippen molar-refractivity contribution in [2.24, 2.45) is 0 Å². The Balaban J connectivity index is 1.21. The number of aromatic nitrogens is 2. The predicted octanol–water partition coefficient (Wildman–Crippen LogP) is 12.9. The summed E-state index contributed by atoms with van der Waals surface area (Å²) in [6.45, 7) is 0. The van der Waals surface area contributed by atoms with E-state index < -0.39 is 0 Å². The third-order valence-electron chi connectivity index (χ3n) is 10.1. The quantitative estimate of drug-likeness (QED) is 0.180. The van der Waals surface area contributed by atoms with Gasteiger partial charge in [-0.1, -0.05) is 146 Å². The van der Waals surface area contributed by atoms with Crippen LogP contribution in [0.2, 0.25) is 0 Å². The first kappa shape index (κ1) is 28.4. The van der Waals surface area contributed by atoms with Crippen molar-refractivity contribution in [3.05, 3.63) is 182 Å². The van der Waals surface area contributed by atoms with Crippen LogP contribution in [0.25, 0.3) is 98.8 Å². The summed E-state index contributed by atoms with van der Waals surface area (Å²) in [5, 5.41) is 9.56. The molecule has 0 spiro atoms. The summed E-state index contributed by atoms with van der Waals surface area (Å²) in [5.74, 6) is 0. The Labute approximate surface area is 290 Å². The Kier molecular flexibility index (Phi) is 6.53. The second-order valence-corrected chi connectivity index (χ2v) is 13.0. The van der Waals surface area contributed by atoms with Crippen molar-refractivity contribution in [3.8, 4) is 44.6 Å². The number of pyridine rings is 2. The van der Waals surface area contributed by atoms with Crippen LogP contribution in [0.1, 0.15) is 0 Å². The summed E-state index contributed by atoms with van der Waals surface area (Å²) in [6.07, 6.45) is 1.86. The zero-order valence-electron chi connectivity index (χ0n) is 27.2. The summed E-state index contributed by atoms with van der Waals surface area (Å²) < 4.78 is 0. The van der Waals surface area contributed by atoms with Crippen molar-refractivity contribution in [2.75, 3.05) is 0 Å². The molecule has 0 aliphatic carbocycles. The Hall–Kier alpha value is -6.64. The largest absolute Gasteiger partial charge is 0.256 e. The smallest absolute Gasteiger partial charge is 0.0794 e. The van der Waals surface area contributed by atoms with Crippen molar-refractivity contribution < 1.29 is 0 Å². The van der Waals surface area contributed by atoms with Crippen LogP contribution in [0.3, 0.4) is 0 Å². The van der Waals surface area contributed by atoms with Crippen LogP contribution in [0.4, 0.5) is 0 Å². The minimum Gasteiger partial charge on any atom is -0.256 e. The monoisotopic (exact) mass is 634 g/mol. The van der Waals surface area contributed by atoms with Gasteiger partial charge in [-0.15, -0.1) is 0 Å². The van der Waals surface area contributed by atoms with Crippen LogP contribution in [0.5, 0.6) is 0 Å². The SMILES string of the molecule is c1ccc2cc(-c3cc4c(-c5ccc6ccccc6c5)cc(-c5ccc(-c6cccc7cccnc67)cc5)nc4c4ccccc34)ccc2c1. The molecule has 50 heavy (non-hydrogen) atoms. The molecule has 0 radical (unpaired) electrons. The average Bonchev–Trinajstić information content (AvgIpc) is 3.19.